The van der Waals surface area contributed by atoms with Gasteiger partial charge in [-0.1, -0.05) is 37.3 Å². The van der Waals surface area contributed by atoms with Crippen molar-refractivity contribution >= 4 is 5.95 Å². The number of methoxy groups -OCH3 is 1. The molecule has 0 spiro atoms. The summed E-state index contributed by atoms with van der Waals surface area (Å²) in [6, 6.07) is 10.8. The molecule has 0 fully saturated rings. The first kappa shape index (κ1) is 14.6. The Kier molecular flexibility index (Phi) is 5.18. The van der Waals surface area contributed by atoms with E-state index in [0.29, 0.717) is 6.61 Å². The molecular formula is C16H23N3O. The molecule has 2 aromatic rings. The molecule has 20 heavy (non-hydrogen) atoms. The van der Waals surface area contributed by atoms with Crippen LogP contribution in [-0.2, 0) is 11.3 Å². The monoisotopic (exact) mass is 273 g/mol. The molecule has 0 bridgehead atoms. The van der Waals surface area contributed by atoms with Crippen LogP contribution < -0.4 is 5.32 Å². The van der Waals surface area contributed by atoms with Gasteiger partial charge in [0, 0.05) is 19.9 Å². The first-order valence-corrected chi connectivity index (χ1v) is 7.08. The van der Waals surface area contributed by atoms with E-state index in [1.807, 2.05) is 13.0 Å². The molecule has 1 aromatic heterocycles. The molecule has 0 amide bonds. The highest BCUT2D eigenvalue weighted by molar-refractivity contribution is 5.34. The van der Waals surface area contributed by atoms with Gasteiger partial charge in [0.1, 0.15) is 0 Å². The Labute approximate surface area is 120 Å². The molecule has 1 unspecified atom stereocenters. The van der Waals surface area contributed by atoms with E-state index >= 15 is 0 Å². The minimum Gasteiger partial charge on any atom is -0.383 e. The minimum absolute atomic E-state index is 0.277. The van der Waals surface area contributed by atoms with Crippen molar-refractivity contribution in [3.63, 3.8) is 0 Å². The summed E-state index contributed by atoms with van der Waals surface area (Å²) in [5.41, 5.74) is 2.31. The maximum absolute atomic E-state index is 5.15. The minimum atomic E-state index is 0.277. The molecule has 108 valence electrons. The van der Waals surface area contributed by atoms with Crippen LogP contribution in [-0.4, -0.2) is 23.3 Å². The molecule has 0 saturated heterocycles. The summed E-state index contributed by atoms with van der Waals surface area (Å²) in [5, 5.41) is 3.54. The van der Waals surface area contributed by atoms with Crippen LogP contribution in [0, 0.1) is 6.92 Å². The standard InChI is InChI=1S/C16H23N3O/c1-4-15(14-8-6-5-7-9-14)18-16-17-13(2)12-19(16)10-11-20-3/h5-9,12,15H,4,10-11H2,1-3H3,(H,17,18). The van der Waals surface area contributed by atoms with Gasteiger partial charge in [-0.3, -0.25) is 0 Å². The quantitative estimate of drug-likeness (QED) is 0.840. The Morgan fingerprint density at radius 1 is 1.30 bits per heavy atom. The smallest absolute Gasteiger partial charge is 0.203 e. The van der Waals surface area contributed by atoms with Gasteiger partial charge in [0.2, 0.25) is 5.95 Å². The lowest BCUT2D eigenvalue weighted by Gasteiger charge is -2.19. The topological polar surface area (TPSA) is 39.1 Å². The van der Waals surface area contributed by atoms with Crippen molar-refractivity contribution in [2.45, 2.75) is 32.9 Å². The predicted octanol–water partition coefficient (Wildman–Crippen LogP) is 3.40. The SMILES string of the molecule is CCC(Nc1nc(C)cn1CCOC)c1ccccc1. The molecule has 0 aliphatic rings. The van der Waals surface area contributed by atoms with Crippen LogP contribution in [0.3, 0.4) is 0 Å². The zero-order valence-corrected chi connectivity index (χ0v) is 12.5. The zero-order valence-electron chi connectivity index (χ0n) is 12.5. The highest BCUT2D eigenvalue weighted by Crippen LogP contribution is 2.22. The van der Waals surface area contributed by atoms with Gasteiger partial charge in [-0.25, -0.2) is 4.98 Å². The molecule has 1 heterocycles. The summed E-state index contributed by atoms with van der Waals surface area (Å²) in [5.74, 6) is 0.912. The number of nitrogens with one attached hydrogen (secondary N) is 1. The first-order valence-electron chi connectivity index (χ1n) is 7.08. The molecule has 4 heteroatoms. The number of hydrogen-bond donors (Lipinski definition) is 1. The lowest BCUT2D eigenvalue weighted by Crippen LogP contribution is -2.15. The van der Waals surface area contributed by atoms with E-state index in [1.54, 1.807) is 7.11 Å². The van der Waals surface area contributed by atoms with Crippen molar-refractivity contribution in [3.8, 4) is 0 Å². The maximum atomic E-state index is 5.15. The molecule has 0 saturated carbocycles. The molecule has 0 aliphatic heterocycles. The number of rotatable bonds is 7. The van der Waals surface area contributed by atoms with Crippen molar-refractivity contribution in [1.29, 1.82) is 0 Å². The maximum Gasteiger partial charge on any atom is 0.203 e. The van der Waals surface area contributed by atoms with Crippen LogP contribution in [0.25, 0.3) is 0 Å². The number of nitrogens with zero attached hydrogens (tertiary/aromatic N) is 2. The Balaban J connectivity index is 2.15. The number of aryl methyl sites for hydroxylation is 1. The van der Waals surface area contributed by atoms with Crippen LogP contribution in [0.15, 0.2) is 36.5 Å². The summed E-state index contributed by atoms with van der Waals surface area (Å²) in [6.07, 6.45) is 3.07. The number of anilines is 1. The first-order chi connectivity index (χ1) is 9.74. The van der Waals surface area contributed by atoms with Gasteiger partial charge >= 0.3 is 0 Å². The normalized spacial score (nSPS) is 12.3. The molecule has 1 aromatic carbocycles. The molecule has 2 rings (SSSR count). The molecule has 4 nitrogen and oxygen atoms in total. The number of hydrogen-bond acceptors (Lipinski definition) is 3. The third-order valence-electron chi connectivity index (χ3n) is 3.35. The average molecular weight is 273 g/mol. The average Bonchev–Trinajstić information content (AvgIpc) is 2.83. The molecule has 0 radical (unpaired) electrons. The second kappa shape index (κ2) is 7.10. The van der Waals surface area contributed by atoms with Crippen LogP contribution >= 0.6 is 0 Å². The highest BCUT2D eigenvalue weighted by atomic mass is 16.5. The molecular weight excluding hydrogens is 250 g/mol. The highest BCUT2D eigenvalue weighted by Gasteiger charge is 2.12. The molecule has 1 atom stereocenters. The second-order valence-corrected chi connectivity index (χ2v) is 4.91. The Morgan fingerprint density at radius 2 is 2.05 bits per heavy atom. The van der Waals surface area contributed by atoms with Gasteiger partial charge in [-0.2, -0.15) is 0 Å². The van der Waals surface area contributed by atoms with E-state index in [4.69, 9.17) is 4.74 Å². The largest absolute Gasteiger partial charge is 0.383 e. The van der Waals surface area contributed by atoms with Gasteiger partial charge in [0.05, 0.1) is 18.3 Å². The van der Waals surface area contributed by atoms with Crippen molar-refractivity contribution in [3.05, 3.63) is 47.8 Å². The number of benzene rings is 1. The van der Waals surface area contributed by atoms with Gasteiger partial charge < -0.3 is 14.6 Å². The van der Waals surface area contributed by atoms with E-state index in [-0.39, 0.29) is 6.04 Å². The summed E-state index contributed by atoms with van der Waals surface area (Å²) in [4.78, 5) is 4.57. The van der Waals surface area contributed by atoms with E-state index in [0.717, 1.165) is 24.6 Å². The third kappa shape index (κ3) is 3.61. The Bertz CT molecular complexity index is 522. The summed E-state index contributed by atoms with van der Waals surface area (Å²) >= 11 is 0. The van der Waals surface area contributed by atoms with Crippen molar-refractivity contribution in [2.24, 2.45) is 0 Å². The van der Waals surface area contributed by atoms with Crippen LogP contribution in [0.1, 0.15) is 30.6 Å². The van der Waals surface area contributed by atoms with Crippen LogP contribution in [0.4, 0.5) is 5.95 Å². The molecule has 1 N–H and O–H groups in total. The fraction of sp³-hybridized carbons (Fsp3) is 0.438. The van der Waals surface area contributed by atoms with Crippen LogP contribution in [0.5, 0.6) is 0 Å². The van der Waals surface area contributed by atoms with Crippen LogP contribution in [0.2, 0.25) is 0 Å². The van der Waals surface area contributed by atoms with Crippen molar-refractivity contribution < 1.29 is 4.74 Å². The van der Waals surface area contributed by atoms with E-state index in [1.165, 1.54) is 5.56 Å². The second-order valence-electron chi connectivity index (χ2n) is 4.91. The van der Waals surface area contributed by atoms with E-state index in [9.17, 15) is 0 Å². The van der Waals surface area contributed by atoms with Gasteiger partial charge in [0.15, 0.2) is 0 Å². The Morgan fingerprint density at radius 3 is 2.70 bits per heavy atom. The van der Waals surface area contributed by atoms with Gasteiger partial charge in [-0.15, -0.1) is 0 Å². The third-order valence-corrected chi connectivity index (χ3v) is 3.35. The number of aromatic nitrogens is 2. The summed E-state index contributed by atoms with van der Waals surface area (Å²) in [7, 11) is 1.72. The fourth-order valence-corrected chi connectivity index (χ4v) is 2.28. The Hall–Kier alpha value is -1.81. The van der Waals surface area contributed by atoms with E-state index < -0.39 is 0 Å². The number of imidazole rings is 1. The van der Waals surface area contributed by atoms with Gasteiger partial charge in [-0.05, 0) is 18.9 Å². The van der Waals surface area contributed by atoms with Crippen molar-refractivity contribution in [1.82, 2.24) is 9.55 Å². The zero-order chi connectivity index (χ0) is 14.4. The fourth-order valence-electron chi connectivity index (χ4n) is 2.28. The van der Waals surface area contributed by atoms with E-state index in [2.05, 4.69) is 52.3 Å². The summed E-state index contributed by atoms with van der Waals surface area (Å²) in [6.45, 7) is 5.69. The summed E-state index contributed by atoms with van der Waals surface area (Å²) < 4.78 is 7.27. The predicted molar refractivity (Wildman–Crippen MR) is 81.9 cm³/mol. The lowest BCUT2D eigenvalue weighted by atomic mass is 10.1. The van der Waals surface area contributed by atoms with Gasteiger partial charge in [0.25, 0.3) is 0 Å². The number of ether oxygens (including phenoxy) is 1. The van der Waals surface area contributed by atoms with Crippen molar-refractivity contribution in [2.75, 3.05) is 19.0 Å². The lowest BCUT2D eigenvalue weighted by molar-refractivity contribution is 0.187. The molecule has 0 aliphatic carbocycles.